The molecule has 6 nitrogen and oxygen atoms in total. The van der Waals surface area contributed by atoms with Crippen LogP contribution in [0.1, 0.15) is 49.4 Å². The SMILES string of the molecule is CCC1CCCC(Oc2ccc(C(=O)O)cc2[N+](=O)[O-])C1. The normalized spacial score (nSPS) is 21.8. The fourth-order valence-electron chi connectivity index (χ4n) is 2.79. The predicted molar refractivity (Wildman–Crippen MR) is 76.7 cm³/mol. The molecule has 0 aliphatic heterocycles. The zero-order valence-electron chi connectivity index (χ0n) is 11.9. The molecule has 1 aromatic rings. The van der Waals surface area contributed by atoms with Gasteiger partial charge in [0.1, 0.15) is 0 Å². The van der Waals surface area contributed by atoms with Gasteiger partial charge in [0.15, 0.2) is 5.75 Å². The standard InChI is InChI=1S/C15H19NO5/c1-2-10-4-3-5-12(8-10)21-14-7-6-11(15(17)18)9-13(14)16(19)20/h6-7,9-10,12H,2-5,8H2,1H3,(H,17,18). The summed E-state index contributed by atoms with van der Waals surface area (Å²) in [4.78, 5) is 21.4. The third kappa shape index (κ3) is 3.71. The van der Waals surface area contributed by atoms with Gasteiger partial charge in [0.05, 0.1) is 16.6 Å². The number of rotatable bonds is 5. The van der Waals surface area contributed by atoms with Gasteiger partial charge in [0.2, 0.25) is 0 Å². The Morgan fingerprint density at radius 2 is 2.24 bits per heavy atom. The van der Waals surface area contributed by atoms with Crippen molar-refractivity contribution in [3.63, 3.8) is 0 Å². The summed E-state index contributed by atoms with van der Waals surface area (Å²) in [5.41, 5.74) is -0.391. The van der Waals surface area contributed by atoms with Gasteiger partial charge in [-0.25, -0.2) is 4.79 Å². The van der Waals surface area contributed by atoms with Crippen LogP contribution in [0.2, 0.25) is 0 Å². The van der Waals surface area contributed by atoms with E-state index in [9.17, 15) is 14.9 Å². The third-order valence-electron chi connectivity index (χ3n) is 4.01. The molecule has 114 valence electrons. The third-order valence-corrected chi connectivity index (χ3v) is 4.01. The number of nitrogens with zero attached hydrogens (tertiary/aromatic N) is 1. The summed E-state index contributed by atoms with van der Waals surface area (Å²) in [5, 5.41) is 20.0. The Labute approximate surface area is 122 Å². The zero-order valence-corrected chi connectivity index (χ0v) is 11.9. The minimum absolute atomic E-state index is 0.0296. The van der Waals surface area contributed by atoms with E-state index in [4.69, 9.17) is 9.84 Å². The second-order valence-electron chi connectivity index (χ2n) is 5.43. The minimum Gasteiger partial charge on any atom is -0.483 e. The summed E-state index contributed by atoms with van der Waals surface area (Å²) in [6, 6.07) is 3.78. The number of ether oxygens (including phenoxy) is 1. The molecule has 2 unspecified atom stereocenters. The van der Waals surface area contributed by atoms with Crippen LogP contribution in [0.3, 0.4) is 0 Å². The van der Waals surface area contributed by atoms with Gasteiger partial charge in [-0.1, -0.05) is 19.8 Å². The van der Waals surface area contributed by atoms with E-state index in [1.165, 1.54) is 18.6 Å². The number of hydrogen-bond donors (Lipinski definition) is 1. The Hall–Kier alpha value is -2.11. The van der Waals surface area contributed by atoms with Gasteiger partial charge in [-0.05, 0) is 37.3 Å². The molecule has 0 saturated heterocycles. The van der Waals surface area contributed by atoms with Gasteiger partial charge in [-0.3, -0.25) is 10.1 Å². The van der Waals surface area contributed by atoms with Crippen LogP contribution in [-0.2, 0) is 0 Å². The molecule has 1 N–H and O–H groups in total. The molecule has 1 aliphatic carbocycles. The van der Waals surface area contributed by atoms with Crippen LogP contribution in [0.15, 0.2) is 18.2 Å². The predicted octanol–water partition coefficient (Wildman–Crippen LogP) is 3.64. The number of benzene rings is 1. The van der Waals surface area contributed by atoms with Crippen LogP contribution < -0.4 is 4.74 Å². The smallest absolute Gasteiger partial charge is 0.335 e. The average Bonchev–Trinajstić information content (AvgIpc) is 2.47. The lowest BCUT2D eigenvalue weighted by Crippen LogP contribution is -2.25. The van der Waals surface area contributed by atoms with E-state index in [-0.39, 0.29) is 23.1 Å². The van der Waals surface area contributed by atoms with Gasteiger partial charge in [-0.2, -0.15) is 0 Å². The van der Waals surface area contributed by atoms with Crippen LogP contribution in [-0.4, -0.2) is 22.1 Å². The number of carboxylic acid groups (broad SMARTS) is 1. The molecule has 1 fully saturated rings. The summed E-state index contributed by atoms with van der Waals surface area (Å²) < 4.78 is 5.78. The first-order chi connectivity index (χ1) is 10.0. The molecule has 2 atom stereocenters. The quantitative estimate of drug-likeness (QED) is 0.661. The van der Waals surface area contributed by atoms with Crippen LogP contribution in [0.25, 0.3) is 0 Å². The molecular weight excluding hydrogens is 274 g/mol. The highest BCUT2D eigenvalue weighted by Crippen LogP contribution is 2.34. The Kier molecular flexibility index (Phi) is 4.77. The van der Waals surface area contributed by atoms with Crippen molar-refractivity contribution >= 4 is 11.7 Å². The first-order valence-corrected chi connectivity index (χ1v) is 7.19. The van der Waals surface area contributed by atoms with Gasteiger partial charge in [0.25, 0.3) is 0 Å². The van der Waals surface area contributed by atoms with E-state index >= 15 is 0 Å². The number of nitro benzene ring substituents is 1. The van der Waals surface area contributed by atoms with Crippen molar-refractivity contribution < 1.29 is 19.6 Å². The summed E-state index contributed by atoms with van der Waals surface area (Å²) in [6.07, 6.45) is 5.07. The van der Waals surface area contributed by atoms with E-state index in [1.54, 1.807) is 0 Å². The highest BCUT2D eigenvalue weighted by molar-refractivity contribution is 5.88. The number of hydrogen-bond acceptors (Lipinski definition) is 4. The molecular formula is C15H19NO5. The van der Waals surface area contributed by atoms with E-state index in [0.717, 1.165) is 31.7 Å². The fourth-order valence-corrected chi connectivity index (χ4v) is 2.79. The second-order valence-corrected chi connectivity index (χ2v) is 5.43. The minimum atomic E-state index is -1.19. The summed E-state index contributed by atoms with van der Waals surface area (Å²) in [7, 11) is 0. The molecule has 1 aliphatic rings. The van der Waals surface area contributed by atoms with Crippen molar-refractivity contribution in [2.45, 2.75) is 45.1 Å². The summed E-state index contributed by atoms with van der Waals surface area (Å²) in [5.74, 6) is -0.429. The Bertz CT molecular complexity index is 543. The largest absolute Gasteiger partial charge is 0.483 e. The molecule has 0 bridgehead atoms. The lowest BCUT2D eigenvalue weighted by atomic mass is 9.85. The number of nitro groups is 1. The Morgan fingerprint density at radius 3 is 2.86 bits per heavy atom. The molecule has 1 saturated carbocycles. The lowest BCUT2D eigenvalue weighted by molar-refractivity contribution is -0.386. The molecule has 0 amide bonds. The van der Waals surface area contributed by atoms with Crippen LogP contribution >= 0.6 is 0 Å². The molecule has 0 spiro atoms. The Morgan fingerprint density at radius 1 is 1.48 bits per heavy atom. The first-order valence-electron chi connectivity index (χ1n) is 7.19. The molecule has 1 aromatic carbocycles. The van der Waals surface area contributed by atoms with Gasteiger partial charge >= 0.3 is 11.7 Å². The fraction of sp³-hybridized carbons (Fsp3) is 0.533. The second kappa shape index (κ2) is 6.56. The topological polar surface area (TPSA) is 89.7 Å². The average molecular weight is 293 g/mol. The maximum absolute atomic E-state index is 11.1. The highest BCUT2D eigenvalue weighted by atomic mass is 16.6. The maximum atomic E-state index is 11.1. The van der Waals surface area contributed by atoms with Gasteiger partial charge < -0.3 is 9.84 Å². The highest BCUT2D eigenvalue weighted by Gasteiger charge is 2.25. The molecule has 0 aromatic heterocycles. The van der Waals surface area contributed by atoms with E-state index in [1.807, 2.05) is 0 Å². The maximum Gasteiger partial charge on any atom is 0.335 e. The Balaban J connectivity index is 2.19. The summed E-state index contributed by atoms with van der Waals surface area (Å²) >= 11 is 0. The van der Waals surface area contributed by atoms with Crippen LogP contribution in [0, 0.1) is 16.0 Å². The number of carbonyl (C=O) groups is 1. The van der Waals surface area contributed by atoms with Crippen molar-refractivity contribution in [1.29, 1.82) is 0 Å². The van der Waals surface area contributed by atoms with Crippen molar-refractivity contribution in [3.8, 4) is 5.75 Å². The van der Waals surface area contributed by atoms with Crippen molar-refractivity contribution in [2.24, 2.45) is 5.92 Å². The monoisotopic (exact) mass is 293 g/mol. The lowest BCUT2D eigenvalue weighted by Gasteiger charge is -2.28. The van der Waals surface area contributed by atoms with E-state index < -0.39 is 10.9 Å². The molecule has 2 rings (SSSR count). The molecule has 0 heterocycles. The first kappa shape index (κ1) is 15.3. The molecule has 21 heavy (non-hydrogen) atoms. The number of aromatic carboxylic acids is 1. The van der Waals surface area contributed by atoms with E-state index in [0.29, 0.717) is 5.92 Å². The molecule has 0 radical (unpaired) electrons. The van der Waals surface area contributed by atoms with E-state index in [2.05, 4.69) is 6.92 Å². The zero-order chi connectivity index (χ0) is 15.4. The van der Waals surface area contributed by atoms with Crippen LogP contribution in [0.5, 0.6) is 5.75 Å². The summed E-state index contributed by atoms with van der Waals surface area (Å²) in [6.45, 7) is 2.14. The van der Waals surface area contributed by atoms with Gasteiger partial charge in [-0.15, -0.1) is 0 Å². The van der Waals surface area contributed by atoms with Crippen molar-refractivity contribution in [3.05, 3.63) is 33.9 Å². The molecule has 6 heteroatoms. The van der Waals surface area contributed by atoms with Gasteiger partial charge in [0, 0.05) is 6.07 Å². The van der Waals surface area contributed by atoms with Crippen molar-refractivity contribution in [1.82, 2.24) is 0 Å². The van der Waals surface area contributed by atoms with Crippen LogP contribution in [0.4, 0.5) is 5.69 Å². The number of carboxylic acids is 1. The van der Waals surface area contributed by atoms with Crippen molar-refractivity contribution in [2.75, 3.05) is 0 Å².